The lowest BCUT2D eigenvalue weighted by molar-refractivity contribution is 0.101. The molecular weight excluding hydrogens is 340 g/mol. The summed E-state index contributed by atoms with van der Waals surface area (Å²) in [6, 6.07) is 19.1. The lowest BCUT2D eigenvalue weighted by Gasteiger charge is -2.11. The minimum absolute atomic E-state index is 0.0413. The summed E-state index contributed by atoms with van der Waals surface area (Å²) in [5.74, 6) is 1.23. The Hall–Kier alpha value is -3.25. The third kappa shape index (κ3) is 5.12. The molecule has 2 N–H and O–H groups in total. The fraction of sp³-hybridized carbons (Fsp3) is 0.190. The number of carbonyl (C=O) groups is 1. The molecule has 1 heterocycles. The third-order valence-electron chi connectivity index (χ3n) is 3.95. The van der Waals surface area contributed by atoms with Gasteiger partial charge in [-0.05, 0) is 31.2 Å². The molecule has 27 heavy (non-hydrogen) atoms. The number of hydrogen-bond donors (Lipinski definition) is 2. The third-order valence-corrected chi connectivity index (χ3v) is 3.95. The standard InChI is InChI=1S/C21H22N4O2/c1-15(26)16-8-10-18(11-9-16)23-20-14-19(17-6-4-3-5-7-17)24-21(25-20)22-12-13-27-2/h3-11,14H,12-13H2,1-2H3,(H2,22,23,24,25). The Morgan fingerprint density at radius 3 is 2.44 bits per heavy atom. The number of carbonyl (C=O) groups excluding carboxylic acids is 1. The maximum absolute atomic E-state index is 11.4. The van der Waals surface area contributed by atoms with E-state index in [-0.39, 0.29) is 5.78 Å². The van der Waals surface area contributed by atoms with Gasteiger partial charge in [-0.1, -0.05) is 30.3 Å². The molecule has 1 aromatic heterocycles. The fourth-order valence-corrected chi connectivity index (χ4v) is 2.55. The van der Waals surface area contributed by atoms with Gasteiger partial charge in [0.15, 0.2) is 5.78 Å². The molecular formula is C21H22N4O2. The highest BCUT2D eigenvalue weighted by molar-refractivity contribution is 5.94. The van der Waals surface area contributed by atoms with Crippen molar-refractivity contribution >= 4 is 23.2 Å². The molecule has 0 aliphatic heterocycles. The number of rotatable bonds is 8. The van der Waals surface area contributed by atoms with Crippen molar-refractivity contribution in [3.8, 4) is 11.3 Å². The molecule has 0 radical (unpaired) electrons. The molecule has 0 aliphatic rings. The number of nitrogens with zero attached hydrogens (tertiary/aromatic N) is 2. The van der Waals surface area contributed by atoms with E-state index in [1.54, 1.807) is 26.2 Å². The van der Waals surface area contributed by atoms with Gasteiger partial charge in [-0.2, -0.15) is 4.98 Å². The molecule has 0 spiro atoms. The number of nitrogens with one attached hydrogen (secondary N) is 2. The van der Waals surface area contributed by atoms with Crippen LogP contribution in [0.5, 0.6) is 0 Å². The Labute approximate surface area is 158 Å². The van der Waals surface area contributed by atoms with Crippen LogP contribution in [0.25, 0.3) is 11.3 Å². The van der Waals surface area contributed by atoms with E-state index in [1.807, 2.05) is 48.5 Å². The molecule has 2 aromatic carbocycles. The zero-order chi connectivity index (χ0) is 19.1. The van der Waals surface area contributed by atoms with Gasteiger partial charge in [0.25, 0.3) is 0 Å². The van der Waals surface area contributed by atoms with Crippen LogP contribution < -0.4 is 10.6 Å². The maximum atomic E-state index is 11.4. The van der Waals surface area contributed by atoms with Crippen molar-refractivity contribution in [2.45, 2.75) is 6.92 Å². The molecule has 0 fully saturated rings. The Balaban J connectivity index is 1.88. The lowest BCUT2D eigenvalue weighted by atomic mass is 10.1. The average Bonchev–Trinajstić information content (AvgIpc) is 2.69. The summed E-state index contributed by atoms with van der Waals surface area (Å²) >= 11 is 0. The van der Waals surface area contributed by atoms with Crippen molar-refractivity contribution < 1.29 is 9.53 Å². The highest BCUT2D eigenvalue weighted by Gasteiger charge is 2.08. The molecule has 0 saturated carbocycles. The van der Waals surface area contributed by atoms with Crippen molar-refractivity contribution in [1.82, 2.24) is 9.97 Å². The Morgan fingerprint density at radius 1 is 1.04 bits per heavy atom. The first kappa shape index (κ1) is 18.5. The van der Waals surface area contributed by atoms with Crippen LogP contribution in [0.3, 0.4) is 0 Å². The van der Waals surface area contributed by atoms with Gasteiger partial charge in [0.1, 0.15) is 5.82 Å². The number of hydrogen-bond acceptors (Lipinski definition) is 6. The quantitative estimate of drug-likeness (QED) is 0.463. The summed E-state index contributed by atoms with van der Waals surface area (Å²) in [6.45, 7) is 2.73. The summed E-state index contributed by atoms with van der Waals surface area (Å²) < 4.78 is 5.07. The molecule has 0 atom stereocenters. The molecule has 138 valence electrons. The number of aromatic nitrogens is 2. The summed E-state index contributed by atoms with van der Waals surface area (Å²) in [4.78, 5) is 20.5. The van der Waals surface area contributed by atoms with E-state index < -0.39 is 0 Å². The summed E-state index contributed by atoms with van der Waals surface area (Å²) in [5, 5.41) is 6.45. The number of anilines is 3. The van der Waals surface area contributed by atoms with Crippen LogP contribution in [0, 0.1) is 0 Å². The molecule has 0 aliphatic carbocycles. The van der Waals surface area contributed by atoms with Crippen LogP contribution in [-0.4, -0.2) is 36.0 Å². The average molecular weight is 362 g/mol. The van der Waals surface area contributed by atoms with E-state index in [9.17, 15) is 4.79 Å². The van der Waals surface area contributed by atoms with Crippen molar-refractivity contribution in [3.63, 3.8) is 0 Å². The zero-order valence-electron chi connectivity index (χ0n) is 15.4. The second-order valence-electron chi connectivity index (χ2n) is 6.01. The summed E-state index contributed by atoms with van der Waals surface area (Å²) in [7, 11) is 1.65. The van der Waals surface area contributed by atoms with Crippen molar-refractivity contribution in [2.24, 2.45) is 0 Å². The maximum Gasteiger partial charge on any atom is 0.225 e. The highest BCUT2D eigenvalue weighted by Crippen LogP contribution is 2.23. The van der Waals surface area contributed by atoms with Crippen LogP contribution in [0.1, 0.15) is 17.3 Å². The minimum Gasteiger partial charge on any atom is -0.383 e. The number of ether oxygens (including phenoxy) is 1. The van der Waals surface area contributed by atoms with Crippen molar-refractivity contribution in [2.75, 3.05) is 30.9 Å². The highest BCUT2D eigenvalue weighted by atomic mass is 16.5. The lowest BCUT2D eigenvalue weighted by Crippen LogP contribution is -2.11. The van der Waals surface area contributed by atoms with Crippen LogP contribution in [0.15, 0.2) is 60.7 Å². The molecule has 6 heteroatoms. The van der Waals surface area contributed by atoms with Gasteiger partial charge in [-0.25, -0.2) is 4.98 Å². The van der Waals surface area contributed by atoms with E-state index in [0.717, 1.165) is 16.9 Å². The van der Waals surface area contributed by atoms with Gasteiger partial charge in [0.05, 0.1) is 12.3 Å². The van der Waals surface area contributed by atoms with E-state index in [4.69, 9.17) is 4.74 Å². The Morgan fingerprint density at radius 2 is 1.78 bits per heavy atom. The molecule has 0 unspecified atom stereocenters. The smallest absolute Gasteiger partial charge is 0.225 e. The van der Waals surface area contributed by atoms with Crippen LogP contribution in [-0.2, 0) is 4.74 Å². The topological polar surface area (TPSA) is 76.1 Å². The van der Waals surface area contributed by atoms with Gasteiger partial charge < -0.3 is 15.4 Å². The predicted molar refractivity (Wildman–Crippen MR) is 108 cm³/mol. The fourth-order valence-electron chi connectivity index (χ4n) is 2.55. The largest absolute Gasteiger partial charge is 0.383 e. The second-order valence-corrected chi connectivity index (χ2v) is 6.01. The first-order chi connectivity index (χ1) is 13.2. The number of Topliss-reactive ketones (excluding diaryl/α,β-unsaturated/α-hetero) is 1. The Bertz CT molecular complexity index is 896. The SMILES string of the molecule is COCCNc1nc(Nc2ccc(C(C)=O)cc2)cc(-c2ccccc2)n1. The first-order valence-electron chi connectivity index (χ1n) is 8.71. The van der Waals surface area contributed by atoms with Gasteiger partial charge >= 0.3 is 0 Å². The molecule has 0 bridgehead atoms. The molecule has 3 aromatic rings. The van der Waals surface area contributed by atoms with E-state index in [0.29, 0.717) is 30.5 Å². The number of benzene rings is 2. The molecule has 6 nitrogen and oxygen atoms in total. The molecule has 0 amide bonds. The summed E-state index contributed by atoms with van der Waals surface area (Å²) in [6.07, 6.45) is 0. The van der Waals surface area contributed by atoms with E-state index in [1.165, 1.54) is 0 Å². The van der Waals surface area contributed by atoms with Gasteiger partial charge in [0, 0.05) is 36.5 Å². The van der Waals surface area contributed by atoms with Crippen LogP contribution in [0.4, 0.5) is 17.5 Å². The zero-order valence-corrected chi connectivity index (χ0v) is 15.4. The van der Waals surface area contributed by atoms with Gasteiger partial charge in [-0.15, -0.1) is 0 Å². The Kier molecular flexibility index (Phi) is 6.12. The molecule has 0 saturated heterocycles. The van der Waals surface area contributed by atoms with Crippen LogP contribution in [0.2, 0.25) is 0 Å². The monoisotopic (exact) mass is 362 g/mol. The number of ketones is 1. The van der Waals surface area contributed by atoms with Gasteiger partial charge in [0.2, 0.25) is 5.95 Å². The van der Waals surface area contributed by atoms with Crippen LogP contribution >= 0.6 is 0 Å². The summed E-state index contributed by atoms with van der Waals surface area (Å²) in [5.41, 5.74) is 3.34. The minimum atomic E-state index is 0.0413. The van der Waals surface area contributed by atoms with E-state index >= 15 is 0 Å². The second kappa shape index (κ2) is 8.91. The molecule has 3 rings (SSSR count). The predicted octanol–water partition coefficient (Wildman–Crippen LogP) is 4.15. The van der Waals surface area contributed by atoms with Crippen molar-refractivity contribution in [1.29, 1.82) is 0 Å². The number of methoxy groups -OCH3 is 1. The normalized spacial score (nSPS) is 10.4. The van der Waals surface area contributed by atoms with Crippen molar-refractivity contribution in [3.05, 3.63) is 66.2 Å². The first-order valence-corrected chi connectivity index (χ1v) is 8.71. The van der Waals surface area contributed by atoms with E-state index in [2.05, 4.69) is 20.6 Å². The van der Waals surface area contributed by atoms with Gasteiger partial charge in [-0.3, -0.25) is 4.79 Å².